The number of benzene rings is 4. The van der Waals surface area contributed by atoms with Crippen molar-refractivity contribution in [1.29, 1.82) is 0 Å². The number of para-hydroxylation sites is 1. The Morgan fingerprint density at radius 2 is 1.39 bits per heavy atom. The van der Waals surface area contributed by atoms with Crippen LogP contribution in [0.25, 0.3) is 11.3 Å². The third-order valence-corrected chi connectivity index (χ3v) is 13.6. The molecular formula is C57H54N4. The summed E-state index contributed by atoms with van der Waals surface area (Å²) >= 11 is 0. The van der Waals surface area contributed by atoms with Crippen molar-refractivity contribution in [2.24, 2.45) is 21.8 Å². The minimum absolute atomic E-state index is 0.166. The van der Waals surface area contributed by atoms with Gasteiger partial charge >= 0.3 is 0 Å². The molecule has 0 amide bonds. The van der Waals surface area contributed by atoms with E-state index < -0.39 is 0 Å². The number of hydrogen-bond donors (Lipinski definition) is 0. The Hall–Kier alpha value is -6.52. The molecule has 0 fully saturated rings. The van der Waals surface area contributed by atoms with Gasteiger partial charge in [-0.2, -0.15) is 0 Å². The van der Waals surface area contributed by atoms with Gasteiger partial charge in [-0.25, -0.2) is 9.98 Å². The fourth-order valence-corrected chi connectivity index (χ4v) is 10.5. The number of nitrogens with zero attached hydrogens (tertiary/aromatic N) is 4. The number of amidine groups is 1. The van der Waals surface area contributed by atoms with Crippen LogP contribution in [0.2, 0.25) is 0 Å². The van der Waals surface area contributed by atoms with Crippen LogP contribution in [0.4, 0.5) is 11.4 Å². The van der Waals surface area contributed by atoms with Crippen LogP contribution in [-0.2, 0) is 6.54 Å². The maximum Gasteiger partial charge on any atom is 0.160 e. The highest BCUT2D eigenvalue weighted by Gasteiger charge is 2.41. The Bertz CT molecular complexity index is 2710. The topological polar surface area (TPSA) is 31.2 Å². The van der Waals surface area contributed by atoms with Crippen LogP contribution in [0.15, 0.2) is 203 Å². The van der Waals surface area contributed by atoms with E-state index in [-0.39, 0.29) is 18.0 Å². The van der Waals surface area contributed by atoms with Gasteiger partial charge in [-0.15, -0.1) is 0 Å². The van der Waals surface area contributed by atoms with Crippen molar-refractivity contribution < 1.29 is 0 Å². The van der Waals surface area contributed by atoms with E-state index in [1.54, 1.807) is 0 Å². The summed E-state index contributed by atoms with van der Waals surface area (Å²) in [6, 6.07) is 35.6. The lowest BCUT2D eigenvalue weighted by Gasteiger charge is -2.37. The predicted molar refractivity (Wildman–Crippen MR) is 258 cm³/mol. The first-order valence-electron chi connectivity index (χ1n) is 22.2. The minimum atomic E-state index is 0.166. The summed E-state index contributed by atoms with van der Waals surface area (Å²) in [7, 11) is 0. The quantitative estimate of drug-likeness (QED) is 0.178. The Labute approximate surface area is 362 Å². The molecule has 0 radical (unpaired) electrons. The molecule has 0 spiro atoms. The summed E-state index contributed by atoms with van der Waals surface area (Å²) in [5, 5.41) is 0. The zero-order chi connectivity index (χ0) is 41.5. The van der Waals surface area contributed by atoms with Gasteiger partial charge in [0, 0.05) is 52.1 Å². The van der Waals surface area contributed by atoms with Crippen LogP contribution >= 0.6 is 0 Å². The molecule has 5 atom stereocenters. The predicted octanol–water partition coefficient (Wildman–Crippen LogP) is 13.5. The third-order valence-electron chi connectivity index (χ3n) is 13.6. The molecule has 4 heteroatoms. The van der Waals surface area contributed by atoms with E-state index in [2.05, 4.69) is 214 Å². The van der Waals surface area contributed by atoms with Gasteiger partial charge in [-0.3, -0.25) is 0 Å². The van der Waals surface area contributed by atoms with Crippen LogP contribution < -0.4 is 9.80 Å². The van der Waals surface area contributed by atoms with Crippen molar-refractivity contribution in [2.75, 3.05) is 9.80 Å². The molecular weight excluding hydrogens is 741 g/mol. The molecule has 6 aliphatic rings. The molecule has 0 N–H and O–H groups in total. The summed E-state index contributed by atoms with van der Waals surface area (Å²) in [6.07, 6.45) is 32.7. The Kier molecular flexibility index (Phi) is 10.5. The van der Waals surface area contributed by atoms with E-state index in [4.69, 9.17) is 9.98 Å². The van der Waals surface area contributed by atoms with Crippen molar-refractivity contribution in [3.8, 4) is 0 Å². The number of allylic oxidation sites excluding steroid dienone is 12. The van der Waals surface area contributed by atoms with Crippen LogP contribution in [-0.4, -0.2) is 23.6 Å². The molecule has 61 heavy (non-hydrogen) atoms. The monoisotopic (exact) mass is 794 g/mol. The van der Waals surface area contributed by atoms with Crippen molar-refractivity contribution in [1.82, 2.24) is 0 Å². The van der Waals surface area contributed by atoms with Crippen LogP contribution in [0.5, 0.6) is 0 Å². The second-order valence-electron chi connectivity index (χ2n) is 17.2. The third kappa shape index (κ3) is 6.98. The Morgan fingerprint density at radius 1 is 0.689 bits per heavy atom. The molecule has 10 rings (SSSR count). The maximum absolute atomic E-state index is 5.71. The first-order chi connectivity index (χ1) is 30.0. The molecule has 302 valence electrons. The van der Waals surface area contributed by atoms with Gasteiger partial charge in [0.15, 0.2) is 5.84 Å². The number of rotatable bonds is 8. The summed E-state index contributed by atoms with van der Waals surface area (Å²) in [6.45, 7) is 9.83. The fourth-order valence-electron chi connectivity index (χ4n) is 10.5. The van der Waals surface area contributed by atoms with Gasteiger partial charge in [-0.05, 0) is 97.6 Å². The lowest BCUT2D eigenvalue weighted by molar-refractivity contribution is 0.660. The fraction of sp³-hybridized carbons (Fsp3) is 0.228. The molecule has 3 aliphatic heterocycles. The van der Waals surface area contributed by atoms with Gasteiger partial charge in [0.1, 0.15) is 0 Å². The minimum Gasteiger partial charge on any atom is -0.359 e. The lowest BCUT2D eigenvalue weighted by atomic mass is 9.81. The summed E-state index contributed by atoms with van der Waals surface area (Å²) in [5.74, 6) is 1.63. The van der Waals surface area contributed by atoms with Gasteiger partial charge in [0.05, 0.1) is 23.5 Å². The average Bonchev–Trinajstić information content (AvgIpc) is 3.76. The van der Waals surface area contributed by atoms with Crippen molar-refractivity contribution in [3.05, 3.63) is 226 Å². The molecule has 4 aromatic carbocycles. The second kappa shape index (κ2) is 16.5. The van der Waals surface area contributed by atoms with E-state index >= 15 is 0 Å². The van der Waals surface area contributed by atoms with Crippen molar-refractivity contribution in [3.63, 3.8) is 0 Å². The first-order valence-corrected chi connectivity index (χ1v) is 22.2. The van der Waals surface area contributed by atoms with Gasteiger partial charge in [0.2, 0.25) is 0 Å². The number of fused-ring (bicyclic) bond motifs is 4. The zero-order valence-electron chi connectivity index (χ0n) is 35.7. The summed E-state index contributed by atoms with van der Waals surface area (Å²) in [4.78, 5) is 16.7. The molecule has 3 heterocycles. The highest BCUT2D eigenvalue weighted by molar-refractivity contribution is 6.16. The summed E-state index contributed by atoms with van der Waals surface area (Å²) in [5.41, 5.74) is 17.2. The van der Waals surface area contributed by atoms with Crippen molar-refractivity contribution in [2.45, 2.75) is 71.5 Å². The number of aliphatic imine (C=N–C) groups is 2. The highest BCUT2D eigenvalue weighted by Crippen LogP contribution is 2.49. The standard InChI is InChI=1S/C57H54N4/c1-5-20-44-40(4)61(53-32-19-16-27-45(44)53)54-36-34-48(57-58-50(41-22-8-6-9-23-41)35-33-39(3)56(59-57)42-24-10-7-11-25-42)55(43-26-13-12-21-38(43)2)49(54)37-60-51-30-17-14-28-46(51)47-29-15-18-31-52(47)60/h5-20,22-32,34,36,38,45-46,51,53H,21,33,35,37H2,1-4H3/b20-5-,56-39-,58-50?,59-57?/t38-,45?,46?,51?,53?/m1/s1. The number of anilines is 2. The second-order valence-corrected chi connectivity index (χ2v) is 17.2. The molecule has 0 aromatic heterocycles. The number of hydrogen-bond acceptors (Lipinski definition) is 4. The van der Waals surface area contributed by atoms with Gasteiger partial charge < -0.3 is 9.80 Å². The summed E-state index contributed by atoms with van der Waals surface area (Å²) < 4.78 is 0. The van der Waals surface area contributed by atoms with E-state index in [9.17, 15) is 0 Å². The maximum atomic E-state index is 5.71. The lowest BCUT2D eigenvalue weighted by Crippen LogP contribution is -2.36. The van der Waals surface area contributed by atoms with Gasteiger partial charge in [0.25, 0.3) is 0 Å². The van der Waals surface area contributed by atoms with Crippen LogP contribution in [0, 0.1) is 11.8 Å². The molecule has 0 saturated heterocycles. The molecule has 4 aromatic rings. The largest absolute Gasteiger partial charge is 0.359 e. The van der Waals surface area contributed by atoms with E-state index in [1.165, 1.54) is 50.5 Å². The molecule has 4 unspecified atom stereocenters. The normalized spacial score (nSPS) is 25.3. The first kappa shape index (κ1) is 38.7. The Morgan fingerprint density at radius 3 is 2.16 bits per heavy atom. The van der Waals surface area contributed by atoms with Gasteiger partial charge in [-0.1, -0.05) is 165 Å². The van der Waals surface area contributed by atoms with E-state index in [0.717, 1.165) is 59.7 Å². The van der Waals surface area contributed by atoms with Crippen LogP contribution in [0.3, 0.4) is 0 Å². The van der Waals surface area contributed by atoms with E-state index in [1.807, 2.05) is 0 Å². The smallest absolute Gasteiger partial charge is 0.160 e. The zero-order valence-corrected chi connectivity index (χ0v) is 35.7. The van der Waals surface area contributed by atoms with E-state index in [0.29, 0.717) is 11.8 Å². The average molecular weight is 795 g/mol. The molecule has 0 bridgehead atoms. The van der Waals surface area contributed by atoms with Crippen molar-refractivity contribution >= 4 is 34.2 Å². The molecule has 3 aliphatic carbocycles. The highest BCUT2D eigenvalue weighted by atomic mass is 15.2. The molecule has 4 nitrogen and oxygen atoms in total. The van der Waals surface area contributed by atoms with Crippen LogP contribution in [0.1, 0.15) is 86.3 Å². The Balaban J connectivity index is 1.28. The SMILES string of the molecule is C/C=C\C1=C(C)N(c2ccc(C3=N/C(c4ccccc4)=C(/C)CCC(c4ccccc4)=N3)c(C3=CC=CC[C@H]3C)c2CN2c3ccccc3C3C=CC=CC32)C2C=CC=CC12. The molecule has 0 saturated carbocycles.